The molecular formula is C18H28ClN3O7S. The van der Waals surface area contributed by atoms with Gasteiger partial charge in [-0.25, -0.2) is 9.59 Å². The Morgan fingerprint density at radius 3 is 2.20 bits per heavy atom. The van der Waals surface area contributed by atoms with Crippen molar-refractivity contribution < 1.29 is 34.8 Å². The maximum absolute atomic E-state index is 9.77. The number of aromatic nitrogens is 1. The van der Waals surface area contributed by atoms with E-state index < -0.39 is 24.1 Å². The summed E-state index contributed by atoms with van der Waals surface area (Å²) >= 11 is 7.82. The van der Waals surface area contributed by atoms with Crippen molar-refractivity contribution in [1.29, 1.82) is 0 Å². The van der Waals surface area contributed by atoms with E-state index in [0.29, 0.717) is 16.4 Å². The maximum Gasteiger partial charge on any atom is 0.335 e. The molecule has 1 saturated carbocycles. The summed E-state index contributed by atoms with van der Waals surface area (Å²) in [5.74, 6) is -2.64. The summed E-state index contributed by atoms with van der Waals surface area (Å²) in [6.07, 6.45) is 0.721. The molecule has 3 rings (SSSR count). The van der Waals surface area contributed by atoms with Gasteiger partial charge in [-0.3, -0.25) is 4.90 Å². The van der Waals surface area contributed by atoms with Crippen LogP contribution in [0.4, 0.5) is 0 Å². The first-order valence-corrected chi connectivity index (χ1v) is 10.9. The Morgan fingerprint density at radius 2 is 1.77 bits per heavy atom. The zero-order valence-electron chi connectivity index (χ0n) is 16.7. The van der Waals surface area contributed by atoms with Crippen LogP contribution in [0.15, 0.2) is 0 Å². The number of rotatable bonds is 9. The molecule has 1 aromatic heterocycles. The lowest BCUT2D eigenvalue weighted by Gasteiger charge is -2.34. The van der Waals surface area contributed by atoms with Crippen LogP contribution in [0.3, 0.4) is 0 Å². The van der Waals surface area contributed by atoms with Crippen LogP contribution in [0.2, 0.25) is 5.15 Å². The Labute approximate surface area is 183 Å². The monoisotopic (exact) mass is 465 g/mol. The molecule has 0 amide bonds. The molecule has 0 aromatic carbocycles. The minimum absolute atomic E-state index is 0.613. The number of aliphatic hydroxyl groups is 2. The molecule has 12 heteroatoms. The van der Waals surface area contributed by atoms with Crippen molar-refractivity contribution in [2.75, 3.05) is 26.7 Å². The predicted molar refractivity (Wildman–Crippen MR) is 110 cm³/mol. The zero-order valence-corrected chi connectivity index (χ0v) is 18.2. The van der Waals surface area contributed by atoms with Crippen LogP contribution in [0, 0.1) is 5.92 Å². The molecular weight excluding hydrogens is 438 g/mol. The van der Waals surface area contributed by atoms with E-state index in [-0.39, 0.29) is 0 Å². The lowest BCUT2D eigenvalue weighted by atomic mass is 10.0. The van der Waals surface area contributed by atoms with Gasteiger partial charge >= 0.3 is 11.9 Å². The number of aliphatic hydroxyl groups excluding tert-OH is 2. The van der Waals surface area contributed by atoms with E-state index in [2.05, 4.69) is 15.2 Å². The van der Waals surface area contributed by atoms with Crippen molar-refractivity contribution in [3.63, 3.8) is 0 Å². The molecule has 1 aromatic rings. The van der Waals surface area contributed by atoms with Crippen LogP contribution in [0.25, 0.3) is 0 Å². The number of carboxylic acid groups (broad SMARTS) is 2. The maximum atomic E-state index is 9.77. The number of piperidine rings is 1. The number of thiazole rings is 1. The molecule has 1 aliphatic carbocycles. The normalized spacial score (nSPS) is 19.0. The highest BCUT2D eigenvalue weighted by molar-refractivity contribution is 7.13. The minimum atomic E-state index is -2.27. The first-order valence-electron chi connectivity index (χ1n) is 9.68. The average molecular weight is 466 g/mol. The van der Waals surface area contributed by atoms with E-state index >= 15 is 0 Å². The van der Waals surface area contributed by atoms with Gasteiger partial charge < -0.3 is 30.5 Å². The van der Waals surface area contributed by atoms with E-state index in [1.54, 1.807) is 18.4 Å². The molecule has 0 spiro atoms. The van der Waals surface area contributed by atoms with Gasteiger partial charge in [0.15, 0.2) is 12.2 Å². The number of nitrogens with one attached hydrogen (secondary N) is 1. The van der Waals surface area contributed by atoms with Gasteiger partial charge in [-0.05, 0) is 44.7 Å². The van der Waals surface area contributed by atoms with Crippen molar-refractivity contribution in [2.24, 2.45) is 5.92 Å². The van der Waals surface area contributed by atoms with Gasteiger partial charge in [0.25, 0.3) is 5.19 Å². The number of halogens is 1. The Hall–Kier alpha value is -1.50. The van der Waals surface area contributed by atoms with Crippen molar-refractivity contribution in [3.8, 4) is 5.19 Å². The van der Waals surface area contributed by atoms with E-state index in [4.69, 9.17) is 36.8 Å². The van der Waals surface area contributed by atoms with Crippen molar-refractivity contribution in [1.82, 2.24) is 15.2 Å². The highest BCUT2D eigenvalue weighted by atomic mass is 35.5. The zero-order chi connectivity index (χ0) is 22.3. The topological polar surface area (TPSA) is 152 Å². The Balaban J connectivity index is 0.000000274. The third kappa shape index (κ3) is 7.64. The molecule has 170 valence electrons. The lowest BCUT2D eigenvalue weighted by Crippen LogP contribution is -2.43. The molecule has 10 nitrogen and oxygen atoms in total. The van der Waals surface area contributed by atoms with Crippen molar-refractivity contribution >= 4 is 34.9 Å². The predicted octanol–water partition coefficient (Wildman–Crippen LogP) is 0.646. The SMILES string of the molecule is COc1nc(Cl)c(CN(CC2CC2)C2CCNCC2)s1.O=C(O)C(O)C(O)C(=O)O. The fraction of sp³-hybridized carbons (Fsp3) is 0.722. The van der Waals surface area contributed by atoms with Gasteiger partial charge in [-0.15, -0.1) is 0 Å². The summed E-state index contributed by atoms with van der Waals surface area (Å²) in [6.45, 7) is 4.39. The Morgan fingerprint density at radius 1 is 1.20 bits per heavy atom. The molecule has 2 fully saturated rings. The highest BCUT2D eigenvalue weighted by Gasteiger charge is 2.30. The number of nitrogens with zero attached hydrogens (tertiary/aromatic N) is 2. The minimum Gasteiger partial charge on any atom is -0.479 e. The molecule has 2 atom stereocenters. The fourth-order valence-corrected chi connectivity index (χ4v) is 4.19. The van der Waals surface area contributed by atoms with Crippen LogP contribution in [-0.4, -0.2) is 87.2 Å². The smallest absolute Gasteiger partial charge is 0.335 e. The first-order chi connectivity index (χ1) is 14.2. The number of hydrogen-bond acceptors (Lipinski definition) is 9. The quantitative estimate of drug-likeness (QED) is 0.351. The molecule has 2 unspecified atom stereocenters. The summed E-state index contributed by atoms with van der Waals surface area (Å²) in [6, 6.07) is 0.681. The van der Waals surface area contributed by atoms with E-state index in [1.165, 1.54) is 32.2 Å². The number of hydrogen-bond donors (Lipinski definition) is 5. The van der Waals surface area contributed by atoms with E-state index in [9.17, 15) is 9.59 Å². The second-order valence-corrected chi connectivity index (χ2v) is 8.72. The molecule has 0 bridgehead atoms. The lowest BCUT2D eigenvalue weighted by molar-refractivity contribution is -0.165. The van der Waals surface area contributed by atoms with Crippen LogP contribution < -0.4 is 10.1 Å². The summed E-state index contributed by atoms with van der Waals surface area (Å²) in [5, 5.41) is 37.3. The summed E-state index contributed by atoms with van der Waals surface area (Å²) in [7, 11) is 1.65. The first kappa shape index (κ1) is 24.8. The standard InChI is InChI=1S/C14H22ClN3OS.C4H6O6/c1-19-14-17-13(15)12(20-14)9-18(8-10-2-3-10)11-4-6-16-7-5-11;5-1(3(7)8)2(6)4(9)10/h10-11,16H,2-9H2,1H3;1-2,5-6H,(H,7,8)(H,9,10). The van der Waals surface area contributed by atoms with Gasteiger partial charge in [-0.2, -0.15) is 4.98 Å². The van der Waals surface area contributed by atoms with Gasteiger partial charge in [0, 0.05) is 19.1 Å². The summed E-state index contributed by atoms with van der Waals surface area (Å²) < 4.78 is 5.19. The second kappa shape index (κ2) is 11.8. The van der Waals surface area contributed by atoms with Gasteiger partial charge in [0.05, 0.1) is 12.0 Å². The van der Waals surface area contributed by atoms with Crippen LogP contribution in [0.1, 0.15) is 30.6 Å². The highest BCUT2D eigenvalue weighted by Crippen LogP contribution is 2.34. The number of carbonyl (C=O) groups is 2. The van der Waals surface area contributed by atoms with Crippen molar-refractivity contribution in [2.45, 2.75) is 50.5 Å². The summed E-state index contributed by atoms with van der Waals surface area (Å²) in [4.78, 5) is 27.6. The molecule has 5 N–H and O–H groups in total. The average Bonchev–Trinajstić information content (AvgIpc) is 3.48. The van der Waals surface area contributed by atoms with Gasteiger partial charge in [0.2, 0.25) is 0 Å². The second-order valence-electron chi connectivity index (χ2n) is 7.32. The number of methoxy groups -OCH3 is 1. The number of ether oxygens (including phenoxy) is 1. The molecule has 1 saturated heterocycles. The largest absolute Gasteiger partial charge is 0.479 e. The molecule has 0 radical (unpaired) electrons. The van der Waals surface area contributed by atoms with E-state index in [0.717, 1.165) is 30.4 Å². The Kier molecular flexibility index (Phi) is 9.72. The molecule has 30 heavy (non-hydrogen) atoms. The molecule has 2 heterocycles. The Bertz CT molecular complexity index is 692. The number of carboxylic acids is 2. The summed E-state index contributed by atoms with van der Waals surface area (Å²) in [5.41, 5.74) is 0. The molecule has 2 aliphatic rings. The van der Waals surface area contributed by atoms with Crippen LogP contribution in [0.5, 0.6) is 5.19 Å². The van der Waals surface area contributed by atoms with Gasteiger partial charge in [0.1, 0.15) is 5.15 Å². The van der Waals surface area contributed by atoms with Crippen LogP contribution >= 0.6 is 22.9 Å². The van der Waals surface area contributed by atoms with E-state index in [1.807, 2.05) is 0 Å². The fourth-order valence-electron chi connectivity index (χ4n) is 3.10. The third-order valence-electron chi connectivity index (χ3n) is 4.97. The van der Waals surface area contributed by atoms with Crippen molar-refractivity contribution in [3.05, 3.63) is 10.0 Å². The van der Waals surface area contributed by atoms with Gasteiger partial charge in [-0.1, -0.05) is 22.9 Å². The number of aliphatic carboxylic acids is 2. The van der Waals surface area contributed by atoms with Crippen LogP contribution in [-0.2, 0) is 16.1 Å². The third-order valence-corrected chi connectivity index (χ3v) is 6.40. The molecule has 1 aliphatic heterocycles.